The predicted octanol–water partition coefficient (Wildman–Crippen LogP) is 12.4. The molecule has 8 aliphatic heterocycles. The van der Waals surface area contributed by atoms with E-state index in [0.29, 0.717) is 69.4 Å². The zero-order chi connectivity index (χ0) is 89.1. The average Bonchev–Trinajstić information content (AvgIpc) is 1.45. The highest BCUT2D eigenvalue weighted by atomic mass is 16.6. The van der Waals surface area contributed by atoms with E-state index >= 15 is 0 Å². The minimum Gasteiger partial charge on any atom is -0.488 e. The highest BCUT2D eigenvalue weighted by Gasteiger charge is 2.46. The van der Waals surface area contributed by atoms with Gasteiger partial charge in [0.2, 0.25) is 17.7 Å². The number of nitrogens with zero attached hydrogens (tertiary/aromatic N) is 7. The number of hydrogen-bond acceptors (Lipinski definition) is 23. The molecule has 0 bridgehead atoms. The Bertz CT molecular complexity index is 5220. The maximum Gasteiger partial charge on any atom is 0.407 e. The number of benzene rings is 4. The van der Waals surface area contributed by atoms with E-state index in [0.717, 1.165) is 164 Å². The zero-order valence-electron chi connectivity index (χ0n) is 73.5. The van der Waals surface area contributed by atoms with Gasteiger partial charge in [-0.05, 0) is 130 Å². The zero-order valence-corrected chi connectivity index (χ0v) is 73.5. The van der Waals surface area contributed by atoms with E-state index in [-0.39, 0.29) is 83.6 Å². The number of methoxy groups -OCH3 is 6. The fraction of sp³-hybridized carbons (Fsp3) is 0.511. The van der Waals surface area contributed by atoms with Gasteiger partial charge in [-0.2, -0.15) is 0 Å². The molecule has 0 radical (unpaired) electrons. The number of imidazole rings is 4. The van der Waals surface area contributed by atoms with Crippen molar-refractivity contribution in [2.24, 2.45) is 35.5 Å². The molecule has 4 saturated heterocycles. The monoisotopic (exact) mass is 1720 g/mol. The molecule has 4 aromatic carbocycles. The molecule has 35 heteroatoms. The van der Waals surface area contributed by atoms with Crippen LogP contribution in [0.1, 0.15) is 177 Å². The van der Waals surface area contributed by atoms with Crippen molar-refractivity contribution >= 4 is 48.1 Å². The van der Waals surface area contributed by atoms with Crippen molar-refractivity contribution in [3.63, 3.8) is 0 Å². The molecule has 668 valence electrons. The van der Waals surface area contributed by atoms with Gasteiger partial charge in [0.05, 0.1) is 113 Å². The molecule has 35 nitrogen and oxygen atoms in total. The van der Waals surface area contributed by atoms with E-state index in [1.165, 1.54) is 28.4 Å². The van der Waals surface area contributed by atoms with Crippen LogP contribution in [-0.4, -0.2) is 213 Å². The van der Waals surface area contributed by atoms with Crippen LogP contribution in [-0.2, 0) is 74.0 Å². The summed E-state index contributed by atoms with van der Waals surface area (Å²) in [6, 6.07) is 12.9. The highest BCUT2D eigenvalue weighted by Crippen LogP contribution is 2.54. The largest absolute Gasteiger partial charge is 0.488 e. The van der Waals surface area contributed by atoms with E-state index in [1.807, 2.05) is 89.7 Å². The van der Waals surface area contributed by atoms with Gasteiger partial charge in [-0.3, -0.25) is 14.4 Å². The molecular formula is C90H114N16O19. The van der Waals surface area contributed by atoms with Crippen molar-refractivity contribution < 1.29 is 90.8 Å². The van der Waals surface area contributed by atoms with Crippen LogP contribution in [0.4, 0.5) is 19.2 Å². The molecular weight excluding hydrogens is 1610 g/mol. The number of carboxylic acids is 1. The molecule has 12 heterocycles. The number of aromatic nitrogens is 8. The smallest absolute Gasteiger partial charge is 0.407 e. The molecule has 8 aliphatic rings. The lowest BCUT2D eigenvalue weighted by molar-refractivity contribution is -0.140. The number of rotatable bonds is 24. The number of H-pyrrole nitrogens is 4. The van der Waals surface area contributed by atoms with Crippen molar-refractivity contribution in [3.8, 4) is 90.3 Å². The Morgan fingerprint density at radius 3 is 1.08 bits per heavy atom. The second-order valence-corrected chi connectivity index (χ2v) is 34.6. The minimum absolute atomic E-state index is 0.00116. The first-order valence-electron chi connectivity index (χ1n) is 42.7. The lowest BCUT2D eigenvalue weighted by Gasteiger charge is -2.33. The van der Waals surface area contributed by atoms with Crippen LogP contribution < -0.4 is 45.5 Å². The number of aliphatic carboxylic acids is 1. The maximum atomic E-state index is 14.0. The first-order valence-corrected chi connectivity index (χ1v) is 42.7. The SMILES string of the molecule is COC(=O)NC(C(=O)O)C(C)C.COC[C@@H]1CN[C@H](c2ncc(-c3cc4c5c(c3)OCc3cc(-c6cnc([C@@H]7CC[C@H](C)N7C(=O)[C@@H](NC(=O)OC)C(C)C)[nH]6)cc(c3-5)OC4)[nH]2)C1.COC[C@H]1C[C@@H](c2ncc(-c3cc4c5c(c3)OCc3cc(-c6cnc(C7CC[C@H](C)N7C(=O)[C@@H](NC(=O)OC)C(C)C)[nH]6)cc(c3-5)OC4)[nH]2)N(C(=O)[C@@H](NC(=O)OC)C(C)C)C1. The number of likely N-dealkylation sites (tertiary alicyclic amines) is 3. The van der Waals surface area contributed by atoms with Crippen molar-refractivity contribution in [1.29, 1.82) is 0 Å². The Morgan fingerprint density at radius 1 is 0.424 bits per heavy atom. The third-order valence-corrected chi connectivity index (χ3v) is 24.8. The molecule has 0 spiro atoms. The third-order valence-electron chi connectivity index (χ3n) is 24.8. The number of carbonyl (C=O) groups is 8. The normalized spacial score (nSPS) is 20.7. The van der Waals surface area contributed by atoms with Crippen molar-refractivity contribution in [2.45, 2.75) is 195 Å². The fourth-order valence-electron chi connectivity index (χ4n) is 18.3. The van der Waals surface area contributed by atoms with Gasteiger partial charge in [0.1, 0.15) is 96.9 Å². The molecule has 8 aromatic rings. The molecule has 2 unspecified atom stereocenters. The lowest BCUT2D eigenvalue weighted by atomic mass is 9.87. The number of carbonyl (C=O) groups excluding carboxylic acids is 7. The molecule has 7 amide bonds. The number of hydrogen-bond donors (Lipinski definition) is 10. The Morgan fingerprint density at radius 2 is 0.744 bits per heavy atom. The quantitative estimate of drug-likeness (QED) is 0.0251. The van der Waals surface area contributed by atoms with Crippen LogP contribution in [0.15, 0.2) is 73.3 Å². The second-order valence-electron chi connectivity index (χ2n) is 34.6. The third kappa shape index (κ3) is 18.6. The van der Waals surface area contributed by atoms with Crippen LogP contribution in [0.2, 0.25) is 0 Å². The van der Waals surface area contributed by atoms with E-state index in [4.69, 9.17) is 67.7 Å². The number of ether oxygens (including phenoxy) is 10. The van der Waals surface area contributed by atoms with E-state index < -0.39 is 54.5 Å². The summed E-state index contributed by atoms with van der Waals surface area (Å²) in [5, 5.41) is 22.6. The standard InChI is InChI=1S/C45H56N8O9.C38H45N7O6.C7H13NO4/c1-22(2)38(50-44(56)59-7)42(54)52-18-25(19-58-6)11-33(52)41-47-17-31(49-41)27-13-29-21-61-34-14-26(12-28-20-62-35(15-27)37(29)36(28)34)30-16-46-40(48-30)32-10-9-24(5)53(32)43(55)39(23(3)4)51-45(57)60-8;1-19(2)34(44-38(47)49-5)37(46)45-20(3)6-7-29(45)36-41-15-28(43-36)23-10-25-18-50-30-11-22(9-24-17-51-31(12-23)33(25)32(24)30)27-14-40-35(42-27)26-8-21(13-39-26)16-48-4;1-4(2)5(6(9)10)8-7(11)12-3/h12-17,22-25,32-33,38-39H,9-11,18-21H2,1-8H3,(H,46,48)(H,47,49)(H,50,56)(H,51,57);9-12,14-15,19-21,26,29,34,39H,6-8,13,16-18H2,1-5H3,(H,40,42)(H,41,43)(H,44,47);4-5H,1-3H3,(H,8,11)(H,9,10)/t24-,25-,32?,33-,38-,39-;20-,21-,26-,29-,34-;/m00./s1. The van der Waals surface area contributed by atoms with Gasteiger partial charge in [0, 0.05) is 112 Å². The van der Waals surface area contributed by atoms with Crippen LogP contribution in [0, 0.1) is 35.5 Å². The summed E-state index contributed by atoms with van der Waals surface area (Å²) in [6.45, 7) is 23.0. The van der Waals surface area contributed by atoms with Gasteiger partial charge < -0.3 is 114 Å². The lowest BCUT2D eigenvalue weighted by Crippen LogP contribution is -2.52. The summed E-state index contributed by atoms with van der Waals surface area (Å²) in [5.41, 5.74) is 15.3. The van der Waals surface area contributed by atoms with Crippen LogP contribution >= 0.6 is 0 Å². The van der Waals surface area contributed by atoms with Crippen molar-refractivity contribution in [1.82, 2.24) is 81.2 Å². The molecule has 12 atom stereocenters. The predicted molar refractivity (Wildman–Crippen MR) is 457 cm³/mol. The minimum atomic E-state index is -1.06. The topological polar surface area (TPSA) is 434 Å². The van der Waals surface area contributed by atoms with Crippen molar-refractivity contribution in [3.05, 3.63) is 119 Å². The average molecular weight is 1720 g/mol. The van der Waals surface area contributed by atoms with E-state index in [2.05, 4.69) is 87.7 Å². The van der Waals surface area contributed by atoms with Gasteiger partial charge in [-0.1, -0.05) is 55.4 Å². The van der Waals surface area contributed by atoms with Crippen LogP contribution in [0.5, 0.6) is 23.0 Å². The summed E-state index contributed by atoms with van der Waals surface area (Å²) in [4.78, 5) is 138. The summed E-state index contributed by atoms with van der Waals surface area (Å²) < 4.78 is 55.3. The Hall–Kier alpha value is -12.2. The molecule has 4 fully saturated rings. The first-order chi connectivity index (χ1) is 60.0. The summed E-state index contributed by atoms with van der Waals surface area (Å²) in [5.74, 6) is 4.55. The van der Waals surface area contributed by atoms with Gasteiger partial charge in [-0.25, -0.2) is 43.9 Å². The molecule has 10 N–H and O–H groups in total. The van der Waals surface area contributed by atoms with Crippen LogP contribution in [0.3, 0.4) is 0 Å². The van der Waals surface area contributed by atoms with E-state index in [9.17, 15) is 38.4 Å². The molecule has 4 aromatic heterocycles. The number of carboxylic acid groups (broad SMARTS) is 1. The van der Waals surface area contributed by atoms with Crippen LogP contribution in [0.25, 0.3) is 67.3 Å². The summed E-state index contributed by atoms with van der Waals surface area (Å²) in [6.07, 6.45) is 9.42. The summed E-state index contributed by atoms with van der Waals surface area (Å²) in [7, 11) is 8.45. The van der Waals surface area contributed by atoms with Gasteiger partial charge in [-0.15, -0.1) is 0 Å². The first kappa shape index (κ1) is 89.1. The van der Waals surface area contributed by atoms with E-state index in [1.54, 1.807) is 45.4 Å². The molecule has 16 rings (SSSR count). The second kappa shape index (κ2) is 38.1. The number of alkyl carbamates (subject to hydrolysis) is 4. The molecule has 125 heavy (non-hydrogen) atoms. The highest BCUT2D eigenvalue weighted by molar-refractivity contribution is 5.92. The van der Waals surface area contributed by atoms with Gasteiger partial charge >= 0.3 is 30.3 Å². The van der Waals surface area contributed by atoms with Gasteiger partial charge in [0.25, 0.3) is 0 Å². The Kier molecular flexibility index (Phi) is 27.1. The Labute approximate surface area is 724 Å². The Balaban J connectivity index is 0.000000182. The van der Waals surface area contributed by atoms with Gasteiger partial charge in [0.15, 0.2) is 0 Å². The number of nitrogens with one attached hydrogen (secondary N) is 9. The summed E-state index contributed by atoms with van der Waals surface area (Å²) >= 11 is 0. The number of aromatic amines is 4. The maximum absolute atomic E-state index is 14.0. The molecule has 0 saturated carbocycles. The molecule has 0 aliphatic carbocycles. The number of amides is 7. The van der Waals surface area contributed by atoms with Crippen molar-refractivity contribution in [2.75, 3.05) is 69.0 Å². The fourth-order valence-corrected chi connectivity index (χ4v) is 18.3.